The topological polar surface area (TPSA) is 24.1 Å². The van der Waals surface area contributed by atoms with Gasteiger partial charge >= 0.3 is 0 Å². The summed E-state index contributed by atoms with van der Waals surface area (Å²) in [5, 5.41) is 7.74. The van der Waals surface area contributed by atoms with Crippen molar-refractivity contribution < 1.29 is 0 Å². The largest absolute Gasteiger partial charge is 0.382 e. The molecule has 82 valence electrons. The van der Waals surface area contributed by atoms with Crippen molar-refractivity contribution in [1.82, 2.24) is 0 Å². The molecular weight excluding hydrogens is 208 g/mol. The predicted molar refractivity (Wildman–Crippen MR) is 66.9 cm³/mol. The van der Waals surface area contributed by atoms with Gasteiger partial charge in [0.1, 0.15) is 0 Å². The number of hydrogen-bond acceptors (Lipinski definition) is 2. The van der Waals surface area contributed by atoms with Crippen molar-refractivity contribution >= 4 is 23.0 Å². The van der Waals surface area contributed by atoms with Crippen molar-refractivity contribution in [2.24, 2.45) is 0 Å². The molecule has 3 heteroatoms. The monoisotopic (exact) mass is 224 g/mol. The van der Waals surface area contributed by atoms with Crippen LogP contribution >= 0.6 is 11.6 Å². The molecular formula is C12H17ClN2. The van der Waals surface area contributed by atoms with Crippen LogP contribution in [0.1, 0.15) is 26.2 Å². The van der Waals surface area contributed by atoms with Crippen LogP contribution in [0.4, 0.5) is 11.4 Å². The molecule has 1 aliphatic rings. The molecule has 15 heavy (non-hydrogen) atoms. The molecule has 1 atom stereocenters. The van der Waals surface area contributed by atoms with E-state index in [4.69, 9.17) is 11.6 Å². The number of benzene rings is 1. The van der Waals surface area contributed by atoms with Crippen LogP contribution in [0.5, 0.6) is 0 Å². The lowest BCUT2D eigenvalue weighted by Crippen LogP contribution is -2.19. The van der Waals surface area contributed by atoms with E-state index in [1.54, 1.807) is 0 Å². The summed E-state index contributed by atoms with van der Waals surface area (Å²) in [6.45, 7) is 3.22. The number of anilines is 2. The van der Waals surface area contributed by atoms with E-state index < -0.39 is 0 Å². The number of para-hydroxylation sites is 1. The molecule has 0 saturated carbocycles. The fourth-order valence-electron chi connectivity index (χ4n) is 2.05. The lowest BCUT2D eigenvalue weighted by Gasteiger charge is -2.16. The van der Waals surface area contributed by atoms with Crippen LogP contribution in [0.25, 0.3) is 0 Å². The standard InChI is InChI=1S/C12H17ClN2/c1-2-4-9-7-8-14-12-10(13)5-3-6-11(12)15-9/h3,5-6,9,14-15H,2,4,7-8H2,1H3. The molecule has 1 heterocycles. The van der Waals surface area contributed by atoms with Gasteiger partial charge in [-0.15, -0.1) is 0 Å². The van der Waals surface area contributed by atoms with Crippen molar-refractivity contribution in [2.75, 3.05) is 17.2 Å². The van der Waals surface area contributed by atoms with Gasteiger partial charge in [-0.05, 0) is 25.0 Å². The van der Waals surface area contributed by atoms with Gasteiger partial charge in [0.25, 0.3) is 0 Å². The first kappa shape index (κ1) is 10.6. The van der Waals surface area contributed by atoms with E-state index in [-0.39, 0.29) is 0 Å². The van der Waals surface area contributed by atoms with E-state index in [1.807, 2.05) is 12.1 Å². The first-order chi connectivity index (χ1) is 7.31. The molecule has 0 fully saturated rings. The Hall–Kier alpha value is -0.890. The molecule has 2 rings (SSSR count). The highest BCUT2D eigenvalue weighted by molar-refractivity contribution is 6.34. The average molecular weight is 225 g/mol. The zero-order valence-corrected chi connectivity index (χ0v) is 9.77. The Kier molecular flexibility index (Phi) is 3.37. The highest BCUT2D eigenvalue weighted by Crippen LogP contribution is 2.33. The molecule has 0 aromatic heterocycles. The summed E-state index contributed by atoms with van der Waals surface area (Å²) >= 11 is 6.14. The maximum absolute atomic E-state index is 6.14. The van der Waals surface area contributed by atoms with Crippen LogP contribution in [-0.2, 0) is 0 Å². The van der Waals surface area contributed by atoms with Gasteiger partial charge in [0.15, 0.2) is 0 Å². The van der Waals surface area contributed by atoms with E-state index in [1.165, 1.54) is 12.8 Å². The molecule has 2 N–H and O–H groups in total. The van der Waals surface area contributed by atoms with E-state index in [2.05, 4.69) is 23.6 Å². The average Bonchev–Trinajstić information content (AvgIpc) is 2.41. The summed E-state index contributed by atoms with van der Waals surface area (Å²) in [6.07, 6.45) is 3.58. The summed E-state index contributed by atoms with van der Waals surface area (Å²) in [5.41, 5.74) is 2.19. The zero-order chi connectivity index (χ0) is 10.7. The maximum Gasteiger partial charge on any atom is 0.0765 e. The Morgan fingerprint density at radius 2 is 2.33 bits per heavy atom. The third-order valence-corrected chi connectivity index (χ3v) is 3.12. The Morgan fingerprint density at radius 1 is 1.47 bits per heavy atom. The van der Waals surface area contributed by atoms with Gasteiger partial charge in [-0.3, -0.25) is 0 Å². The smallest absolute Gasteiger partial charge is 0.0765 e. The van der Waals surface area contributed by atoms with Crippen LogP contribution < -0.4 is 10.6 Å². The first-order valence-electron chi connectivity index (χ1n) is 5.60. The van der Waals surface area contributed by atoms with Gasteiger partial charge in [-0.25, -0.2) is 0 Å². The molecule has 1 aromatic rings. The quantitative estimate of drug-likeness (QED) is 0.800. The van der Waals surface area contributed by atoms with Crippen molar-refractivity contribution in [1.29, 1.82) is 0 Å². The minimum absolute atomic E-state index is 0.571. The fraction of sp³-hybridized carbons (Fsp3) is 0.500. The van der Waals surface area contributed by atoms with Crippen LogP contribution in [0, 0.1) is 0 Å². The SMILES string of the molecule is CCCC1CCNc2c(Cl)cccc2N1. The van der Waals surface area contributed by atoms with Crippen molar-refractivity contribution in [2.45, 2.75) is 32.2 Å². The van der Waals surface area contributed by atoms with Gasteiger partial charge in [-0.2, -0.15) is 0 Å². The van der Waals surface area contributed by atoms with Crippen LogP contribution in [0.3, 0.4) is 0 Å². The molecule has 1 unspecified atom stereocenters. The highest BCUT2D eigenvalue weighted by atomic mass is 35.5. The molecule has 0 spiro atoms. The van der Waals surface area contributed by atoms with Crippen molar-refractivity contribution in [3.05, 3.63) is 23.2 Å². The zero-order valence-electron chi connectivity index (χ0n) is 9.02. The summed E-state index contributed by atoms with van der Waals surface area (Å²) in [5.74, 6) is 0. The van der Waals surface area contributed by atoms with Gasteiger partial charge in [-0.1, -0.05) is 31.0 Å². The second kappa shape index (κ2) is 4.75. The van der Waals surface area contributed by atoms with Gasteiger partial charge in [0.2, 0.25) is 0 Å². The Bertz CT molecular complexity index is 338. The molecule has 0 amide bonds. The number of fused-ring (bicyclic) bond motifs is 1. The summed E-state index contributed by atoms with van der Waals surface area (Å²) in [6, 6.07) is 6.57. The molecule has 1 aromatic carbocycles. The lowest BCUT2D eigenvalue weighted by atomic mass is 10.1. The molecule has 0 radical (unpaired) electrons. The number of nitrogens with one attached hydrogen (secondary N) is 2. The summed E-state index contributed by atoms with van der Waals surface area (Å²) in [7, 11) is 0. The molecule has 0 bridgehead atoms. The molecule has 1 aliphatic heterocycles. The Balaban J connectivity index is 2.22. The minimum atomic E-state index is 0.571. The minimum Gasteiger partial charge on any atom is -0.382 e. The number of halogens is 1. The van der Waals surface area contributed by atoms with Crippen molar-refractivity contribution in [3.8, 4) is 0 Å². The number of rotatable bonds is 2. The predicted octanol–water partition coefficient (Wildman–Crippen LogP) is 3.74. The molecule has 0 saturated heterocycles. The van der Waals surface area contributed by atoms with Gasteiger partial charge in [0.05, 0.1) is 16.4 Å². The normalized spacial score (nSPS) is 19.7. The lowest BCUT2D eigenvalue weighted by molar-refractivity contribution is 0.615. The molecule has 2 nitrogen and oxygen atoms in total. The van der Waals surface area contributed by atoms with Gasteiger partial charge < -0.3 is 10.6 Å². The van der Waals surface area contributed by atoms with Gasteiger partial charge in [0, 0.05) is 12.6 Å². The van der Waals surface area contributed by atoms with E-state index in [9.17, 15) is 0 Å². The third kappa shape index (κ3) is 2.37. The Labute approximate surface area is 96.0 Å². The third-order valence-electron chi connectivity index (χ3n) is 2.80. The van der Waals surface area contributed by atoms with E-state index >= 15 is 0 Å². The highest BCUT2D eigenvalue weighted by Gasteiger charge is 2.15. The second-order valence-electron chi connectivity index (χ2n) is 4.01. The van der Waals surface area contributed by atoms with Crippen molar-refractivity contribution in [3.63, 3.8) is 0 Å². The Morgan fingerprint density at radius 3 is 3.13 bits per heavy atom. The maximum atomic E-state index is 6.14. The van der Waals surface area contributed by atoms with E-state index in [0.29, 0.717) is 6.04 Å². The summed E-state index contributed by atoms with van der Waals surface area (Å²) < 4.78 is 0. The van der Waals surface area contributed by atoms with E-state index in [0.717, 1.165) is 29.4 Å². The van der Waals surface area contributed by atoms with Crippen LogP contribution in [0.2, 0.25) is 5.02 Å². The molecule has 0 aliphatic carbocycles. The van der Waals surface area contributed by atoms with Crippen LogP contribution in [-0.4, -0.2) is 12.6 Å². The summed E-state index contributed by atoms with van der Waals surface area (Å²) in [4.78, 5) is 0. The fourth-order valence-corrected chi connectivity index (χ4v) is 2.29. The first-order valence-corrected chi connectivity index (χ1v) is 5.98. The van der Waals surface area contributed by atoms with Crippen LogP contribution in [0.15, 0.2) is 18.2 Å². The second-order valence-corrected chi connectivity index (χ2v) is 4.41. The number of hydrogen-bond donors (Lipinski definition) is 2.